The molecule has 0 saturated carbocycles. The molecule has 0 amide bonds. The standard InChI is InChI=1S/C28H24NO.C18H24NSi.Ir/c1-3-19(4-2)22-15-16-29-26(18-22)24-12-8-11-23-25-17-21(20-9-6-5-7-10-20)13-14-27(25)30-28(23)24;1-14(2)11-16-12-17(15-9-7-6-8-10-15)19-13-18(16)20(3,4)5;/h5-11,13-19H,3-4H2,1-2H3;6-9,12-14H,11H2,1-5H3;/q2*-1;. The molecule has 0 atom stereocenters. The number of fused-ring (bicyclic) bond motifs is 3. The van der Waals surface area contributed by atoms with Gasteiger partial charge in [-0.15, -0.1) is 54.1 Å². The number of aromatic nitrogens is 2. The normalized spacial score (nSPS) is 11.5. The van der Waals surface area contributed by atoms with Crippen molar-refractivity contribution in [1.82, 2.24) is 9.97 Å². The molecule has 3 heterocycles. The van der Waals surface area contributed by atoms with Crippen molar-refractivity contribution >= 4 is 35.2 Å². The Morgan fingerprint density at radius 3 is 2.18 bits per heavy atom. The van der Waals surface area contributed by atoms with E-state index in [1.54, 1.807) is 0 Å². The van der Waals surface area contributed by atoms with E-state index < -0.39 is 8.07 Å². The quantitative estimate of drug-likeness (QED) is 0.107. The van der Waals surface area contributed by atoms with Crippen molar-refractivity contribution in [2.45, 2.75) is 72.5 Å². The van der Waals surface area contributed by atoms with E-state index in [1.807, 2.05) is 36.5 Å². The summed E-state index contributed by atoms with van der Waals surface area (Å²) in [7, 11) is -1.34. The van der Waals surface area contributed by atoms with Crippen molar-refractivity contribution in [2.24, 2.45) is 5.92 Å². The van der Waals surface area contributed by atoms with Crippen LogP contribution in [0.25, 0.3) is 55.6 Å². The van der Waals surface area contributed by atoms with Crippen molar-refractivity contribution in [3.63, 3.8) is 0 Å². The number of hydrogen-bond donors (Lipinski definition) is 0. The van der Waals surface area contributed by atoms with Crippen LogP contribution in [0, 0.1) is 18.1 Å². The van der Waals surface area contributed by atoms with Gasteiger partial charge in [0.15, 0.2) is 0 Å². The molecule has 0 saturated heterocycles. The number of hydrogen-bond acceptors (Lipinski definition) is 3. The summed E-state index contributed by atoms with van der Waals surface area (Å²) in [5.41, 5.74) is 10.9. The van der Waals surface area contributed by atoms with E-state index >= 15 is 0 Å². The third-order valence-corrected chi connectivity index (χ3v) is 11.5. The van der Waals surface area contributed by atoms with Gasteiger partial charge in [-0.2, -0.15) is 0 Å². The zero-order valence-corrected chi connectivity index (χ0v) is 34.3. The van der Waals surface area contributed by atoms with Crippen LogP contribution in [-0.2, 0) is 26.5 Å². The Hall–Kier alpha value is -4.15. The van der Waals surface area contributed by atoms with Crippen LogP contribution in [0.1, 0.15) is 57.6 Å². The zero-order valence-electron chi connectivity index (χ0n) is 30.9. The summed E-state index contributed by atoms with van der Waals surface area (Å²) in [4.78, 5) is 9.34. The maximum Gasteiger partial charge on any atom is 0.120 e. The second-order valence-electron chi connectivity index (χ2n) is 14.6. The number of furan rings is 1. The van der Waals surface area contributed by atoms with Crippen LogP contribution in [0.15, 0.2) is 120 Å². The molecule has 0 fully saturated rings. The third kappa shape index (κ3) is 8.84. The molecule has 5 heteroatoms. The van der Waals surface area contributed by atoms with Gasteiger partial charge in [0.05, 0.1) is 13.7 Å². The molecule has 0 spiro atoms. The minimum Gasteiger partial charge on any atom is -0.501 e. The largest absolute Gasteiger partial charge is 0.501 e. The minimum atomic E-state index is -1.34. The summed E-state index contributed by atoms with van der Waals surface area (Å²) in [5, 5.41) is 3.72. The number of rotatable bonds is 9. The maximum atomic E-state index is 6.31. The van der Waals surface area contributed by atoms with Gasteiger partial charge in [-0.05, 0) is 77.0 Å². The molecule has 0 aliphatic rings. The van der Waals surface area contributed by atoms with Crippen molar-refractivity contribution in [3.05, 3.63) is 139 Å². The molecule has 3 aromatic heterocycles. The zero-order chi connectivity index (χ0) is 35.3. The van der Waals surface area contributed by atoms with Gasteiger partial charge < -0.3 is 14.4 Å². The fraction of sp³-hybridized carbons (Fsp3) is 0.261. The summed E-state index contributed by atoms with van der Waals surface area (Å²) in [6.45, 7) is 16.2. The van der Waals surface area contributed by atoms with Gasteiger partial charge in [0.2, 0.25) is 0 Å². The molecule has 0 bridgehead atoms. The minimum absolute atomic E-state index is 0. The molecule has 3 nitrogen and oxygen atoms in total. The third-order valence-electron chi connectivity index (χ3n) is 9.45. The van der Waals surface area contributed by atoms with Crippen molar-refractivity contribution in [1.29, 1.82) is 0 Å². The van der Waals surface area contributed by atoms with Gasteiger partial charge in [-0.3, -0.25) is 0 Å². The van der Waals surface area contributed by atoms with Gasteiger partial charge in [0, 0.05) is 37.9 Å². The maximum absolute atomic E-state index is 6.31. The summed E-state index contributed by atoms with van der Waals surface area (Å²) < 4.78 is 6.31. The summed E-state index contributed by atoms with van der Waals surface area (Å²) >= 11 is 0. The fourth-order valence-electron chi connectivity index (χ4n) is 6.82. The second kappa shape index (κ2) is 16.9. The van der Waals surface area contributed by atoms with Crippen molar-refractivity contribution in [2.75, 3.05) is 0 Å². The van der Waals surface area contributed by atoms with Crippen LogP contribution in [-0.4, -0.2) is 18.0 Å². The Morgan fingerprint density at radius 1 is 0.725 bits per heavy atom. The van der Waals surface area contributed by atoms with Crippen LogP contribution < -0.4 is 5.19 Å². The first-order valence-corrected chi connectivity index (χ1v) is 21.5. The van der Waals surface area contributed by atoms with Crippen molar-refractivity contribution < 1.29 is 24.5 Å². The van der Waals surface area contributed by atoms with Crippen LogP contribution in [0.2, 0.25) is 19.6 Å². The van der Waals surface area contributed by atoms with Crippen LogP contribution in [0.3, 0.4) is 0 Å². The first kappa shape index (κ1) is 38.1. The monoisotopic (exact) mass is 865 g/mol. The van der Waals surface area contributed by atoms with Gasteiger partial charge in [-0.1, -0.05) is 118 Å². The molecule has 7 aromatic rings. The molecule has 0 unspecified atom stereocenters. The second-order valence-corrected chi connectivity index (χ2v) is 19.7. The topological polar surface area (TPSA) is 38.9 Å². The van der Waals surface area contributed by atoms with E-state index in [4.69, 9.17) is 4.42 Å². The molecule has 4 aromatic carbocycles. The van der Waals surface area contributed by atoms with E-state index in [1.165, 1.54) is 27.4 Å². The van der Waals surface area contributed by atoms with Gasteiger partial charge >= 0.3 is 0 Å². The predicted octanol–water partition coefficient (Wildman–Crippen LogP) is 12.3. The Morgan fingerprint density at radius 2 is 1.49 bits per heavy atom. The van der Waals surface area contributed by atoms with E-state index in [2.05, 4.69) is 148 Å². The molecule has 1 radical (unpaired) electrons. The molecule has 263 valence electrons. The van der Waals surface area contributed by atoms with Crippen molar-refractivity contribution in [3.8, 4) is 33.6 Å². The van der Waals surface area contributed by atoms with Gasteiger partial charge in [-0.25, -0.2) is 0 Å². The fourth-order valence-corrected chi connectivity index (χ4v) is 8.41. The van der Waals surface area contributed by atoms with E-state index in [9.17, 15) is 0 Å². The molecule has 7 rings (SSSR count). The summed E-state index contributed by atoms with van der Waals surface area (Å²) in [6, 6.07) is 42.2. The van der Waals surface area contributed by atoms with Gasteiger partial charge in [0.25, 0.3) is 0 Å². The number of nitrogens with zero attached hydrogens (tertiary/aromatic N) is 2. The molecular formula is C46H48IrN2OSi-2. The van der Waals surface area contributed by atoms with E-state index in [0.29, 0.717) is 11.8 Å². The first-order chi connectivity index (χ1) is 24.2. The molecule has 51 heavy (non-hydrogen) atoms. The average molecular weight is 865 g/mol. The molecule has 0 aliphatic heterocycles. The van der Waals surface area contributed by atoms with Gasteiger partial charge in [0.1, 0.15) is 5.58 Å². The average Bonchev–Trinajstić information content (AvgIpc) is 3.51. The first-order valence-electron chi connectivity index (χ1n) is 18.0. The van der Waals surface area contributed by atoms with Crippen LogP contribution >= 0.6 is 0 Å². The SMILES string of the molecule is CC(C)Cc1cc(-c2[c-]cccc2)ncc1[Si](C)(C)C.CCC(CC)c1ccnc(-c2[c-]ccc3c2oc2ccc(-c4ccccc4)cc23)c1.[Ir]. The van der Waals surface area contributed by atoms with E-state index in [-0.39, 0.29) is 20.1 Å². The number of pyridine rings is 2. The smallest absolute Gasteiger partial charge is 0.120 e. The molecular weight excluding hydrogens is 817 g/mol. The molecule has 0 N–H and O–H groups in total. The Kier molecular flexibility index (Phi) is 12.6. The van der Waals surface area contributed by atoms with Crippen LogP contribution in [0.5, 0.6) is 0 Å². The van der Waals surface area contributed by atoms with Crippen LogP contribution in [0.4, 0.5) is 0 Å². The Balaban J connectivity index is 0.000000211. The summed E-state index contributed by atoms with van der Waals surface area (Å²) in [6.07, 6.45) is 7.40. The Labute approximate surface area is 319 Å². The molecule has 0 aliphatic carbocycles. The van der Waals surface area contributed by atoms with E-state index in [0.717, 1.165) is 63.7 Å². The number of benzene rings is 4. The summed E-state index contributed by atoms with van der Waals surface area (Å²) in [5.74, 6) is 1.22. The predicted molar refractivity (Wildman–Crippen MR) is 215 cm³/mol. The Bertz CT molecular complexity index is 2180.